The summed E-state index contributed by atoms with van der Waals surface area (Å²) in [6.07, 6.45) is 0. The molecule has 4 aromatic rings. The molecule has 0 N–H and O–H groups in total. The van der Waals surface area contributed by atoms with Crippen LogP contribution in [0.1, 0.15) is 11.3 Å². The molecule has 0 aliphatic rings. The van der Waals surface area contributed by atoms with Crippen molar-refractivity contribution in [3.63, 3.8) is 0 Å². The molecule has 23 heavy (non-hydrogen) atoms. The molecular weight excluding hydrogens is 308 g/mol. The molecule has 0 spiro atoms. The van der Waals surface area contributed by atoms with Crippen molar-refractivity contribution < 1.29 is 4.42 Å². The quantitative estimate of drug-likeness (QED) is 0.512. The molecule has 3 nitrogen and oxygen atoms in total. The van der Waals surface area contributed by atoms with Crippen molar-refractivity contribution in [2.45, 2.75) is 13.5 Å². The average molecular weight is 323 g/mol. The lowest BCUT2D eigenvalue weighted by molar-refractivity contribution is 0.579. The molecule has 0 aliphatic carbocycles. The standard InChI is InChI=1S/C19H15ClN2O/c1-13-11-17-19(23-13)18(15-7-9-16(20)10-8-15)21-22(17)12-14-5-3-2-4-6-14/h2-11H,12H2,1H3. The van der Waals surface area contributed by atoms with Gasteiger partial charge in [0.05, 0.1) is 6.54 Å². The number of benzene rings is 2. The highest BCUT2D eigenvalue weighted by molar-refractivity contribution is 6.30. The van der Waals surface area contributed by atoms with Crippen LogP contribution in [-0.4, -0.2) is 9.78 Å². The van der Waals surface area contributed by atoms with Crippen LogP contribution >= 0.6 is 11.6 Å². The molecule has 114 valence electrons. The summed E-state index contributed by atoms with van der Waals surface area (Å²) in [6.45, 7) is 2.67. The van der Waals surface area contributed by atoms with Crippen LogP contribution in [0.2, 0.25) is 5.02 Å². The fourth-order valence-corrected chi connectivity index (χ4v) is 2.88. The molecule has 2 aromatic carbocycles. The first kappa shape index (κ1) is 14.1. The van der Waals surface area contributed by atoms with E-state index < -0.39 is 0 Å². The maximum Gasteiger partial charge on any atom is 0.180 e. The molecule has 0 saturated carbocycles. The van der Waals surface area contributed by atoms with E-state index in [-0.39, 0.29) is 0 Å². The number of hydrogen-bond acceptors (Lipinski definition) is 2. The summed E-state index contributed by atoms with van der Waals surface area (Å²) >= 11 is 5.98. The Kier molecular flexibility index (Phi) is 3.43. The van der Waals surface area contributed by atoms with Crippen molar-refractivity contribution in [3.8, 4) is 11.3 Å². The fraction of sp³-hybridized carbons (Fsp3) is 0.105. The topological polar surface area (TPSA) is 31.0 Å². The van der Waals surface area contributed by atoms with Crippen LogP contribution in [0.3, 0.4) is 0 Å². The number of nitrogens with zero attached hydrogens (tertiary/aromatic N) is 2. The third-order valence-corrected chi connectivity index (χ3v) is 4.09. The van der Waals surface area contributed by atoms with E-state index in [0.29, 0.717) is 11.6 Å². The average Bonchev–Trinajstić information content (AvgIpc) is 3.08. The van der Waals surface area contributed by atoms with E-state index in [1.165, 1.54) is 5.56 Å². The van der Waals surface area contributed by atoms with E-state index in [0.717, 1.165) is 28.1 Å². The molecule has 0 aliphatic heterocycles. The molecule has 0 radical (unpaired) electrons. The number of halogens is 1. The van der Waals surface area contributed by atoms with Gasteiger partial charge < -0.3 is 4.42 Å². The second kappa shape index (κ2) is 5.60. The smallest absolute Gasteiger partial charge is 0.180 e. The number of hydrogen-bond donors (Lipinski definition) is 0. The predicted molar refractivity (Wildman–Crippen MR) is 92.7 cm³/mol. The third-order valence-electron chi connectivity index (χ3n) is 3.84. The van der Waals surface area contributed by atoms with Gasteiger partial charge in [-0.1, -0.05) is 54.1 Å². The molecule has 2 aromatic heterocycles. The second-order valence-corrected chi connectivity index (χ2v) is 6.01. The summed E-state index contributed by atoms with van der Waals surface area (Å²) in [6, 6.07) is 20.0. The highest BCUT2D eigenvalue weighted by atomic mass is 35.5. The van der Waals surface area contributed by atoms with Crippen LogP contribution in [0, 0.1) is 6.92 Å². The molecular formula is C19H15ClN2O. The van der Waals surface area contributed by atoms with Crippen molar-refractivity contribution in [3.05, 3.63) is 77.0 Å². The monoisotopic (exact) mass is 322 g/mol. The number of rotatable bonds is 3. The molecule has 0 amide bonds. The van der Waals surface area contributed by atoms with E-state index in [2.05, 4.69) is 12.1 Å². The van der Waals surface area contributed by atoms with Crippen LogP contribution in [0.25, 0.3) is 22.4 Å². The van der Waals surface area contributed by atoms with Crippen molar-refractivity contribution in [2.75, 3.05) is 0 Å². The Bertz CT molecular complexity index is 952. The fourth-order valence-electron chi connectivity index (χ4n) is 2.76. The summed E-state index contributed by atoms with van der Waals surface area (Å²) in [4.78, 5) is 0. The highest BCUT2D eigenvalue weighted by Crippen LogP contribution is 2.31. The van der Waals surface area contributed by atoms with Gasteiger partial charge >= 0.3 is 0 Å². The lowest BCUT2D eigenvalue weighted by Gasteiger charge is -2.02. The minimum atomic E-state index is 0.712. The van der Waals surface area contributed by atoms with E-state index >= 15 is 0 Å². The van der Waals surface area contributed by atoms with Crippen LogP contribution in [-0.2, 0) is 6.54 Å². The minimum Gasteiger partial charge on any atom is -0.457 e. The molecule has 0 unspecified atom stereocenters. The van der Waals surface area contributed by atoms with Gasteiger partial charge in [-0.15, -0.1) is 0 Å². The van der Waals surface area contributed by atoms with Gasteiger partial charge in [0.25, 0.3) is 0 Å². The summed E-state index contributed by atoms with van der Waals surface area (Å²) < 4.78 is 7.88. The van der Waals surface area contributed by atoms with Gasteiger partial charge in [0, 0.05) is 16.7 Å². The minimum absolute atomic E-state index is 0.712. The summed E-state index contributed by atoms with van der Waals surface area (Å²) in [5, 5.41) is 5.48. The van der Waals surface area contributed by atoms with Crippen molar-refractivity contribution in [2.24, 2.45) is 0 Å². The van der Waals surface area contributed by atoms with Crippen LogP contribution in [0.4, 0.5) is 0 Å². The van der Waals surface area contributed by atoms with Gasteiger partial charge in [0.2, 0.25) is 0 Å². The van der Waals surface area contributed by atoms with Crippen molar-refractivity contribution in [1.82, 2.24) is 9.78 Å². The van der Waals surface area contributed by atoms with Gasteiger partial charge in [-0.05, 0) is 24.6 Å². The highest BCUT2D eigenvalue weighted by Gasteiger charge is 2.17. The number of fused-ring (bicyclic) bond motifs is 1. The zero-order valence-electron chi connectivity index (χ0n) is 12.7. The van der Waals surface area contributed by atoms with Crippen molar-refractivity contribution >= 4 is 22.7 Å². The number of aryl methyl sites for hydroxylation is 1. The predicted octanol–water partition coefficient (Wildman–Crippen LogP) is 5.31. The Morgan fingerprint density at radius 3 is 2.52 bits per heavy atom. The molecule has 4 heteroatoms. The summed E-state index contributed by atoms with van der Waals surface area (Å²) in [7, 11) is 0. The molecule has 0 bridgehead atoms. The van der Waals surface area contributed by atoms with E-state index in [4.69, 9.17) is 21.1 Å². The van der Waals surface area contributed by atoms with Gasteiger partial charge in [-0.2, -0.15) is 5.10 Å². The Morgan fingerprint density at radius 1 is 1.04 bits per heavy atom. The van der Waals surface area contributed by atoms with E-state index in [1.54, 1.807) is 0 Å². The Morgan fingerprint density at radius 2 is 1.78 bits per heavy atom. The van der Waals surface area contributed by atoms with Crippen LogP contribution < -0.4 is 0 Å². The molecule has 0 fully saturated rings. The first-order valence-electron chi connectivity index (χ1n) is 7.47. The second-order valence-electron chi connectivity index (χ2n) is 5.57. The molecule has 0 atom stereocenters. The SMILES string of the molecule is Cc1cc2c(o1)c(-c1ccc(Cl)cc1)nn2Cc1ccccc1. The zero-order chi connectivity index (χ0) is 15.8. The number of furan rings is 1. The lowest BCUT2D eigenvalue weighted by atomic mass is 10.1. The van der Waals surface area contributed by atoms with Crippen LogP contribution in [0.15, 0.2) is 65.1 Å². The van der Waals surface area contributed by atoms with Gasteiger partial charge in [0.15, 0.2) is 5.58 Å². The first-order valence-corrected chi connectivity index (χ1v) is 7.85. The van der Waals surface area contributed by atoms with E-state index in [9.17, 15) is 0 Å². The zero-order valence-corrected chi connectivity index (χ0v) is 13.4. The van der Waals surface area contributed by atoms with E-state index in [1.807, 2.05) is 60.1 Å². The van der Waals surface area contributed by atoms with Gasteiger partial charge in [-0.25, -0.2) is 0 Å². The Balaban J connectivity index is 1.84. The van der Waals surface area contributed by atoms with Crippen LogP contribution in [0.5, 0.6) is 0 Å². The maximum absolute atomic E-state index is 5.98. The normalized spacial score (nSPS) is 11.2. The Hall–Kier alpha value is -2.52. The lowest BCUT2D eigenvalue weighted by Crippen LogP contribution is -2.01. The van der Waals surface area contributed by atoms with Crippen molar-refractivity contribution in [1.29, 1.82) is 0 Å². The largest absolute Gasteiger partial charge is 0.457 e. The number of aromatic nitrogens is 2. The molecule has 4 rings (SSSR count). The van der Waals surface area contributed by atoms with Gasteiger partial charge in [0.1, 0.15) is 17.0 Å². The molecule has 0 saturated heterocycles. The Labute approximate surface area is 139 Å². The molecule has 2 heterocycles. The summed E-state index contributed by atoms with van der Waals surface area (Å²) in [5.74, 6) is 0.884. The third kappa shape index (κ3) is 2.64. The van der Waals surface area contributed by atoms with Gasteiger partial charge in [-0.3, -0.25) is 4.68 Å². The summed E-state index contributed by atoms with van der Waals surface area (Å²) in [5.41, 5.74) is 4.89. The first-order chi connectivity index (χ1) is 11.2. The maximum atomic E-state index is 5.98.